The van der Waals surface area contributed by atoms with Crippen molar-refractivity contribution in [3.05, 3.63) is 28.8 Å². The third kappa shape index (κ3) is 2.68. The molecule has 0 aliphatic carbocycles. The molecule has 18 heavy (non-hydrogen) atoms. The standard InChI is InChI=1S/C15H23NO2/c1-10-7-11(2)14(13(8-10)17-3)15(16)12-5-4-6-18-9-12/h7-8,12,15H,4-6,9,16H2,1-3H3. The molecular formula is C15H23NO2. The average Bonchev–Trinajstić information content (AvgIpc) is 2.38. The van der Waals surface area contributed by atoms with Crippen molar-refractivity contribution in [1.29, 1.82) is 0 Å². The molecule has 1 aliphatic rings. The minimum absolute atomic E-state index is 0.000787. The van der Waals surface area contributed by atoms with E-state index in [1.165, 1.54) is 11.1 Å². The van der Waals surface area contributed by atoms with E-state index in [2.05, 4.69) is 26.0 Å². The summed E-state index contributed by atoms with van der Waals surface area (Å²) in [6.07, 6.45) is 2.24. The van der Waals surface area contributed by atoms with E-state index in [-0.39, 0.29) is 6.04 Å². The fourth-order valence-electron chi connectivity index (χ4n) is 2.82. The van der Waals surface area contributed by atoms with Gasteiger partial charge in [0.25, 0.3) is 0 Å². The average molecular weight is 249 g/mol. The molecule has 2 unspecified atom stereocenters. The predicted molar refractivity (Wildman–Crippen MR) is 72.9 cm³/mol. The van der Waals surface area contributed by atoms with Crippen LogP contribution in [-0.2, 0) is 4.74 Å². The lowest BCUT2D eigenvalue weighted by Gasteiger charge is -2.29. The van der Waals surface area contributed by atoms with Gasteiger partial charge in [-0.25, -0.2) is 0 Å². The molecule has 1 heterocycles. The van der Waals surface area contributed by atoms with E-state index >= 15 is 0 Å². The number of ether oxygens (including phenoxy) is 2. The molecule has 1 fully saturated rings. The SMILES string of the molecule is COc1cc(C)cc(C)c1C(N)C1CCCOC1. The Morgan fingerprint density at radius 1 is 1.39 bits per heavy atom. The van der Waals surface area contributed by atoms with E-state index in [0.717, 1.165) is 37.4 Å². The van der Waals surface area contributed by atoms with Gasteiger partial charge < -0.3 is 15.2 Å². The van der Waals surface area contributed by atoms with Crippen LogP contribution in [0, 0.1) is 19.8 Å². The Labute approximate surface area is 109 Å². The van der Waals surface area contributed by atoms with Gasteiger partial charge in [-0.15, -0.1) is 0 Å². The van der Waals surface area contributed by atoms with Crippen LogP contribution in [0.2, 0.25) is 0 Å². The largest absolute Gasteiger partial charge is 0.496 e. The Kier molecular flexibility index (Phi) is 4.25. The number of methoxy groups -OCH3 is 1. The van der Waals surface area contributed by atoms with Crippen molar-refractivity contribution in [3.63, 3.8) is 0 Å². The fraction of sp³-hybridized carbons (Fsp3) is 0.600. The van der Waals surface area contributed by atoms with Crippen LogP contribution in [0.5, 0.6) is 5.75 Å². The van der Waals surface area contributed by atoms with E-state index < -0.39 is 0 Å². The molecule has 0 amide bonds. The molecule has 2 atom stereocenters. The van der Waals surface area contributed by atoms with Crippen molar-refractivity contribution in [2.45, 2.75) is 32.7 Å². The van der Waals surface area contributed by atoms with Crippen molar-refractivity contribution >= 4 is 0 Å². The van der Waals surface area contributed by atoms with Crippen LogP contribution >= 0.6 is 0 Å². The Balaban J connectivity index is 2.30. The number of nitrogens with two attached hydrogens (primary N) is 1. The van der Waals surface area contributed by atoms with Gasteiger partial charge in [-0.2, -0.15) is 0 Å². The number of benzene rings is 1. The van der Waals surface area contributed by atoms with Gasteiger partial charge in [-0.3, -0.25) is 0 Å². The number of hydrogen-bond acceptors (Lipinski definition) is 3. The highest BCUT2D eigenvalue weighted by molar-refractivity contribution is 5.45. The zero-order chi connectivity index (χ0) is 13.1. The first-order chi connectivity index (χ1) is 8.63. The third-order valence-corrected chi connectivity index (χ3v) is 3.75. The molecule has 2 N–H and O–H groups in total. The lowest BCUT2D eigenvalue weighted by Crippen LogP contribution is -2.29. The lowest BCUT2D eigenvalue weighted by atomic mass is 9.86. The molecule has 0 saturated carbocycles. The first kappa shape index (κ1) is 13.4. The van der Waals surface area contributed by atoms with E-state index in [4.69, 9.17) is 15.2 Å². The Hall–Kier alpha value is -1.06. The maximum Gasteiger partial charge on any atom is 0.124 e. The molecule has 3 heteroatoms. The van der Waals surface area contributed by atoms with Crippen LogP contribution in [0.4, 0.5) is 0 Å². The normalized spacial score (nSPS) is 21.7. The topological polar surface area (TPSA) is 44.5 Å². The van der Waals surface area contributed by atoms with Crippen molar-refractivity contribution in [3.8, 4) is 5.75 Å². The summed E-state index contributed by atoms with van der Waals surface area (Å²) in [5.74, 6) is 1.31. The van der Waals surface area contributed by atoms with Gasteiger partial charge >= 0.3 is 0 Å². The van der Waals surface area contributed by atoms with Gasteiger partial charge in [0, 0.05) is 24.1 Å². The number of aryl methyl sites for hydroxylation is 2. The Bertz CT molecular complexity index is 411. The quantitative estimate of drug-likeness (QED) is 0.895. The van der Waals surface area contributed by atoms with Crippen LogP contribution in [-0.4, -0.2) is 20.3 Å². The van der Waals surface area contributed by atoms with E-state index in [9.17, 15) is 0 Å². The van der Waals surface area contributed by atoms with Crippen molar-refractivity contribution < 1.29 is 9.47 Å². The van der Waals surface area contributed by atoms with Gasteiger partial charge in [0.15, 0.2) is 0 Å². The highest BCUT2D eigenvalue weighted by Gasteiger charge is 2.26. The van der Waals surface area contributed by atoms with E-state index in [1.54, 1.807) is 7.11 Å². The third-order valence-electron chi connectivity index (χ3n) is 3.75. The molecule has 1 aromatic carbocycles. The molecule has 100 valence electrons. The summed E-state index contributed by atoms with van der Waals surface area (Å²) in [5.41, 5.74) is 10.00. The molecule has 1 saturated heterocycles. The van der Waals surface area contributed by atoms with Gasteiger partial charge in [-0.1, -0.05) is 6.07 Å². The molecule has 0 bridgehead atoms. The summed E-state index contributed by atoms with van der Waals surface area (Å²) < 4.78 is 11.0. The fourth-order valence-corrected chi connectivity index (χ4v) is 2.82. The van der Waals surface area contributed by atoms with E-state index in [0.29, 0.717) is 5.92 Å². The van der Waals surface area contributed by atoms with Crippen LogP contribution < -0.4 is 10.5 Å². The second-order valence-corrected chi connectivity index (χ2v) is 5.20. The second kappa shape index (κ2) is 5.72. The van der Waals surface area contributed by atoms with Crippen LogP contribution in [0.25, 0.3) is 0 Å². The zero-order valence-corrected chi connectivity index (χ0v) is 11.5. The van der Waals surface area contributed by atoms with Crippen molar-refractivity contribution in [2.24, 2.45) is 11.7 Å². The smallest absolute Gasteiger partial charge is 0.124 e. The minimum atomic E-state index is 0.000787. The molecular weight excluding hydrogens is 226 g/mol. The monoisotopic (exact) mass is 249 g/mol. The summed E-state index contributed by atoms with van der Waals surface area (Å²) >= 11 is 0. The Morgan fingerprint density at radius 2 is 2.17 bits per heavy atom. The summed E-state index contributed by atoms with van der Waals surface area (Å²) in [5, 5.41) is 0. The molecule has 0 aromatic heterocycles. The van der Waals surface area contributed by atoms with Crippen molar-refractivity contribution in [1.82, 2.24) is 0 Å². The van der Waals surface area contributed by atoms with Crippen LogP contribution in [0.3, 0.4) is 0 Å². The zero-order valence-electron chi connectivity index (χ0n) is 11.5. The summed E-state index contributed by atoms with van der Waals surface area (Å²) in [4.78, 5) is 0. The molecule has 2 rings (SSSR count). The molecule has 0 spiro atoms. The van der Waals surface area contributed by atoms with Gasteiger partial charge in [0.1, 0.15) is 5.75 Å². The molecule has 1 aromatic rings. The summed E-state index contributed by atoms with van der Waals surface area (Å²) in [6.45, 7) is 5.81. The number of hydrogen-bond donors (Lipinski definition) is 1. The predicted octanol–water partition coefficient (Wildman–Crippen LogP) is 2.74. The van der Waals surface area contributed by atoms with Crippen molar-refractivity contribution in [2.75, 3.05) is 20.3 Å². The maximum atomic E-state index is 6.44. The van der Waals surface area contributed by atoms with Gasteiger partial charge in [0.05, 0.1) is 13.7 Å². The molecule has 1 aliphatic heterocycles. The van der Waals surface area contributed by atoms with Gasteiger partial charge in [0.2, 0.25) is 0 Å². The highest BCUT2D eigenvalue weighted by atomic mass is 16.5. The first-order valence-corrected chi connectivity index (χ1v) is 6.62. The van der Waals surface area contributed by atoms with Crippen LogP contribution in [0.1, 0.15) is 35.6 Å². The van der Waals surface area contributed by atoms with E-state index in [1.807, 2.05) is 0 Å². The number of rotatable bonds is 3. The first-order valence-electron chi connectivity index (χ1n) is 6.62. The van der Waals surface area contributed by atoms with Crippen LogP contribution in [0.15, 0.2) is 12.1 Å². The lowest BCUT2D eigenvalue weighted by molar-refractivity contribution is 0.0444. The minimum Gasteiger partial charge on any atom is -0.496 e. The Morgan fingerprint density at radius 3 is 2.78 bits per heavy atom. The maximum absolute atomic E-state index is 6.44. The second-order valence-electron chi connectivity index (χ2n) is 5.20. The highest BCUT2D eigenvalue weighted by Crippen LogP contribution is 2.35. The van der Waals surface area contributed by atoms with Gasteiger partial charge in [-0.05, 0) is 43.9 Å². The molecule has 3 nitrogen and oxygen atoms in total. The summed E-state index contributed by atoms with van der Waals surface area (Å²) in [7, 11) is 1.71. The molecule has 0 radical (unpaired) electrons. The summed E-state index contributed by atoms with van der Waals surface area (Å²) in [6, 6.07) is 4.23.